The predicted octanol–water partition coefficient (Wildman–Crippen LogP) is 15.1. The SMILES string of the molecule is CC(C)(C)c1ccc(N2c3cc(C(C)(C)C)ccc3B3c4cc5c(cc4N(c4ccc(C6=CCCc7oc8ccccc8c76)cc4)c4cc(C(C)(C)C)cc2c43)C(C)(C)CCC5(C)C)cc1. The van der Waals surface area contributed by atoms with Crippen LogP contribution in [0, 0.1) is 0 Å². The largest absolute Gasteiger partial charge is 0.460 e. The van der Waals surface area contributed by atoms with Crippen molar-refractivity contribution < 1.29 is 4.42 Å². The van der Waals surface area contributed by atoms with E-state index in [4.69, 9.17) is 4.42 Å². The standard InChI is InChI=1S/C62H67BN2O/c1-58(2,3)39-23-28-43(29-24-39)64-50-33-40(59(4,5)6)25-30-48(50)63-49-36-46-47(62(12,13)32-31-61(46,10)11)37-51(49)65(53-35-41(60(7,8)9)34-52(64)57(53)63)42-26-21-38(22-27-42)44-18-16-20-55-56(44)45-17-14-15-19-54(45)66-55/h14-15,17-19,21-30,33-37H,16,20,31-32H2,1-13H3. The summed E-state index contributed by atoms with van der Waals surface area (Å²) in [6, 6.07) is 45.2. The maximum absolute atomic E-state index is 6.45. The van der Waals surface area contributed by atoms with E-state index < -0.39 is 0 Å². The van der Waals surface area contributed by atoms with Gasteiger partial charge in [-0.1, -0.05) is 157 Å². The molecule has 3 heterocycles. The van der Waals surface area contributed by atoms with Crippen molar-refractivity contribution in [1.29, 1.82) is 0 Å². The first-order chi connectivity index (χ1) is 31.1. The van der Waals surface area contributed by atoms with Crippen molar-refractivity contribution in [3.05, 3.63) is 166 Å². The normalized spacial score (nSPS) is 17.2. The quantitative estimate of drug-likeness (QED) is 0.165. The number of hydrogen-bond donors (Lipinski definition) is 0. The first kappa shape index (κ1) is 42.9. The van der Waals surface area contributed by atoms with E-state index in [9.17, 15) is 0 Å². The first-order valence-electron chi connectivity index (χ1n) is 24.6. The van der Waals surface area contributed by atoms with Crippen LogP contribution in [-0.4, -0.2) is 6.71 Å². The maximum atomic E-state index is 6.45. The second-order valence-corrected chi connectivity index (χ2v) is 24.4. The Morgan fingerprint density at radius 3 is 1.67 bits per heavy atom. The molecule has 11 rings (SSSR count). The summed E-state index contributed by atoms with van der Waals surface area (Å²) in [5, 5.41) is 1.20. The Bertz CT molecular complexity index is 3140. The van der Waals surface area contributed by atoms with E-state index in [-0.39, 0.29) is 33.8 Å². The minimum absolute atomic E-state index is 0.0163. The van der Waals surface area contributed by atoms with Crippen LogP contribution in [0.2, 0.25) is 0 Å². The molecule has 0 spiro atoms. The number of aryl methyl sites for hydroxylation is 1. The number of hydrogen-bond acceptors (Lipinski definition) is 3. The summed E-state index contributed by atoms with van der Waals surface area (Å²) in [6.45, 7) is 31.0. The highest BCUT2D eigenvalue weighted by Crippen LogP contribution is 2.52. The highest BCUT2D eigenvalue weighted by molar-refractivity contribution is 7.00. The van der Waals surface area contributed by atoms with Gasteiger partial charge >= 0.3 is 0 Å². The van der Waals surface area contributed by atoms with Crippen molar-refractivity contribution in [2.45, 2.75) is 143 Å². The van der Waals surface area contributed by atoms with Gasteiger partial charge in [0.25, 0.3) is 6.71 Å². The molecule has 2 aliphatic heterocycles. The van der Waals surface area contributed by atoms with Crippen LogP contribution >= 0.6 is 0 Å². The second-order valence-electron chi connectivity index (χ2n) is 24.4. The van der Waals surface area contributed by atoms with E-state index in [1.807, 2.05) is 0 Å². The lowest BCUT2D eigenvalue weighted by atomic mass is 9.33. The Kier molecular flexibility index (Phi) is 9.34. The highest BCUT2D eigenvalue weighted by Gasteiger charge is 2.47. The fourth-order valence-corrected chi connectivity index (χ4v) is 11.7. The van der Waals surface area contributed by atoms with Gasteiger partial charge in [0.05, 0.1) is 0 Å². The van der Waals surface area contributed by atoms with Crippen LogP contribution in [0.4, 0.5) is 34.1 Å². The second kappa shape index (κ2) is 14.4. The van der Waals surface area contributed by atoms with Crippen molar-refractivity contribution in [3.63, 3.8) is 0 Å². The van der Waals surface area contributed by atoms with Crippen molar-refractivity contribution in [2.24, 2.45) is 0 Å². The van der Waals surface area contributed by atoms with Crippen LogP contribution in [0.3, 0.4) is 0 Å². The molecule has 4 heteroatoms. The molecule has 0 saturated heterocycles. The molecule has 4 aliphatic rings. The third kappa shape index (κ3) is 6.67. The monoisotopic (exact) mass is 867 g/mol. The molecule has 0 radical (unpaired) electrons. The van der Waals surface area contributed by atoms with Crippen molar-refractivity contribution in [3.8, 4) is 0 Å². The lowest BCUT2D eigenvalue weighted by Gasteiger charge is -2.48. The Labute approximate surface area is 395 Å². The Morgan fingerprint density at radius 2 is 1.06 bits per heavy atom. The number of nitrogens with zero attached hydrogens (tertiary/aromatic N) is 2. The highest BCUT2D eigenvalue weighted by atomic mass is 16.3. The topological polar surface area (TPSA) is 19.6 Å². The molecule has 3 nitrogen and oxygen atoms in total. The molecular formula is C62H67BN2O. The van der Waals surface area contributed by atoms with Gasteiger partial charge < -0.3 is 14.2 Å². The molecule has 0 saturated carbocycles. The van der Waals surface area contributed by atoms with E-state index in [1.165, 1.54) is 113 Å². The number of anilines is 6. The third-order valence-electron chi connectivity index (χ3n) is 15.9. The van der Waals surface area contributed by atoms with E-state index in [1.54, 1.807) is 0 Å². The molecule has 7 aromatic rings. The van der Waals surface area contributed by atoms with Crippen molar-refractivity contribution >= 4 is 73.8 Å². The zero-order valence-corrected chi connectivity index (χ0v) is 41.8. The fourth-order valence-electron chi connectivity index (χ4n) is 11.7. The van der Waals surface area contributed by atoms with Gasteiger partial charge in [0.2, 0.25) is 0 Å². The van der Waals surface area contributed by atoms with E-state index >= 15 is 0 Å². The Morgan fingerprint density at radius 1 is 0.530 bits per heavy atom. The number of para-hydroxylation sites is 1. The molecule has 1 aromatic heterocycles. The van der Waals surface area contributed by atoms with Crippen LogP contribution < -0.4 is 26.2 Å². The summed E-state index contributed by atoms with van der Waals surface area (Å²) in [5.74, 6) is 1.10. The zero-order valence-electron chi connectivity index (χ0n) is 41.8. The van der Waals surface area contributed by atoms with Gasteiger partial charge in [0, 0.05) is 51.5 Å². The van der Waals surface area contributed by atoms with Gasteiger partial charge in [-0.15, -0.1) is 0 Å². The number of furan rings is 1. The van der Waals surface area contributed by atoms with E-state index in [0.717, 1.165) is 24.2 Å². The van der Waals surface area contributed by atoms with Gasteiger partial charge in [0.15, 0.2) is 0 Å². The molecule has 2 aliphatic carbocycles. The zero-order chi connectivity index (χ0) is 46.5. The van der Waals surface area contributed by atoms with Gasteiger partial charge in [0.1, 0.15) is 11.3 Å². The number of rotatable bonds is 3. The van der Waals surface area contributed by atoms with Gasteiger partial charge in [-0.05, 0) is 156 Å². The molecule has 0 N–H and O–H groups in total. The molecule has 334 valence electrons. The summed E-state index contributed by atoms with van der Waals surface area (Å²) in [6.07, 6.45) is 6.67. The number of fused-ring (bicyclic) bond motifs is 8. The van der Waals surface area contributed by atoms with E-state index in [0.29, 0.717) is 0 Å². The lowest BCUT2D eigenvalue weighted by molar-refractivity contribution is 0.332. The van der Waals surface area contributed by atoms with E-state index in [2.05, 4.69) is 221 Å². The van der Waals surface area contributed by atoms with Gasteiger partial charge in [-0.25, -0.2) is 0 Å². The van der Waals surface area contributed by atoms with Crippen LogP contribution in [0.25, 0.3) is 16.5 Å². The average Bonchev–Trinajstić information content (AvgIpc) is 3.65. The van der Waals surface area contributed by atoms with Crippen LogP contribution in [0.1, 0.15) is 154 Å². The van der Waals surface area contributed by atoms with Crippen LogP contribution in [-0.2, 0) is 33.5 Å². The third-order valence-corrected chi connectivity index (χ3v) is 15.9. The van der Waals surface area contributed by atoms with Gasteiger partial charge in [-0.3, -0.25) is 0 Å². The summed E-state index contributed by atoms with van der Waals surface area (Å²) in [5.41, 5.74) is 23.5. The predicted molar refractivity (Wildman–Crippen MR) is 283 cm³/mol. The fraction of sp³-hybridized carbons (Fsp3) is 0.355. The van der Waals surface area contributed by atoms with Crippen LogP contribution in [0.5, 0.6) is 0 Å². The Hall–Kier alpha value is -5.74. The summed E-state index contributed by atoms with van der Waals surface area (Å²) < 4.78 is 6.45. The van der Waals surface area contributed by atoms with Gasteiger partial charge in [-0.2, -0.15) is 0 Å². The molecule has 0 bridgehead atoms. The lowest BCUT2D eigenvalue weighted by Crippen LogP contribution is -2.62. The minimum Gasteiger partial charge on any atom is -0.460 e. The Balaban J connectivity index is 1.19. The smallest absolute Gasteiger partial charge is 0.252 e. The van der Waals surface area contributed by atoms with Crippen molar-refractivity contribution in [2.75, 3.05) is 9.80 Å². The number of benzene rings is 6. The first-order valence-corrected chi connectivity index (χ1v) is 24.6. The molecule has 0 unspecified atom stereocenters. The molecule has 0 amide bonds. The minimum atomic E-state index is -0.105. The molecular weight excluding hydrogens is 800 g/mol. The summed E-state index contributed by atoms with van der Waals surface area (Å²) >= 11 is 0. The molecule has 66 heavy (non-hydrogen) atoms. The maximum Gasteiger partial charge on any atom is 0.252 e. The molecule has 0 atom stereocenters. The average molecular weight is 867 g/mol. The molecule has 6 aromatic carbocycles. The summed E-state index contributed by atoms with van der Waals surface area (Å²) in [4.78, 5) is 5.26. The number of allylic oxidation sites excluding steroid dienone is 1. The summed E-state index contributed by atoms with van der Waals surface area (Å²) in [7, 11) is 0. The molecule has 0 fully saturated rings. The van der Waals surface area contributed by atoms with Crippen LogP contribution in [0.15, 0.2) is 126 Å². The van der Waals surface area contributed by atoms with Crippen molar-refractivity contribution in [1.82, 2.24) is 0 Å².